The summed E-state index contributed by atoms with van der Waals surface area (Å²) in [5.41, 5.74) is 2.43. The average Bonchev–Trinajstić information content (AvgIpc) is 2.99. The summed E-state index contributed by atoms with van der Waals surface area (Å²) in [6.45, 7) is 5.87. The van der Waals surface area contributed by atoms with E-state index in [1.54, 1.807) is 0 Å². The smallest absolute Gasteiger partial charge is 0.134 e. The van der Waals surface area contributed by atoms with Crippen LogP contribution in [0.15, 0.2) is 40.8 Å². The highest BCUT2D eigenvalue weighted by molar-refractivity contribution is 6.30. The standard InChI is InChI=1S/C23H28ClNO/c1-21-9-16-10-22(2,13-21)15-23(11-16,14-21)25-12-19-6-7-20(26-19)17-4-3-5-18(24)8-17/h3-8,16,25H,9-15H2,1-2H3/t16?,21-,22+,23?. The Labute approximate surface area is 161 Å². The van der Waals surface area contributed by atoms with E-state index < -0.39 is 0 Å². The summed E-state index contributed by atoms with van der Waals surface area (Å²) in [5.74, 6) is 2.83. The lowest BCUT2D eigenvalue weighted by molar-refractivity contribution is -0.118. The molecular formula is C23H28ClNO. The Morgan fingerprint density at radius 1 is 1.04 bits per heavy atom. The molecule has 6 rings (SSSR count). The summed E-state index contributed by atoms with van der Waals surface area (Å²) in [4.78, 5) is 0. The molecule has 2 nitrogen and oxygen atoms in total. The normalized spacial score (nSPS) is 38.0. The summed E-state index contributed by atoms with van der Waals surface area (Å²) < 4.78 is 6.12. The molecule has 1 aromatic heterocycles. The van der Waals surface area contributed by atoms with Crippen molar-refractivity contribution in [3.8, 4) is 11.3 Å². The topological polar surface area (TPSA) is 25.2 Å². The van der Waals surface area contributed by atoms with Crippen molar-refractivity contribution in [2.24, 2.45) is 16.7 Å². The molecule has 4 bridgehead atoms. The first-order valence-electron chi connectivity index (χ1n) is 9.94. The molecular weight excluding hydrogens is 342 g/mol. The highest BCUT2D eigenvalue weighted by Crippen LogP contribution is 2.66. The summed E-state index contributed by atoms with van der Waals surface area (Å²) in [5, 5.41) is 4.69. The zero-order chi connectivity index (χ0) is 18.0. The van der Waals surface area contributed by atoms with Gasteiger partial charge in [0.1, 0.15) is 11.5 Å². The summed E-state index contributed by atoms with van der Waals surface area (Å²) in [7, 11) is 0. The molecule has 0 radical (unpaired) electrons. The Bertz CT molecular complexity index is 822. The van der Waals surface area contributed by atoms with Crippen molar-refractivity contribution in [3.05, 3.63) is 47.2 Å². The third-order valence-electron chi connectivity index (χ3n) is 7.03. The fourth-order valence-corrected chi connectivity index (χ4v) is 7.38. The molecule has 2 unspecified atom stereocenters. The molecule has 0 amide bonds. The van der Waals surface area contributed by atoms with Crippen LogP contribution in [0, 0.1) is 16.7 Å². The van der Waals surface area contributed by atoms with Crippen LogP contribution >= 0.6 is 11.6 Å². The summed E-state index contributed by atoms with van der Waals surface area (Å²) in [6, 6.07) is 12.0. The maximum absolute atomic E-state index is 6.12. The van der Waals surface area contributed by atoms with Gasteiger partial charge in [-0.15, -0.1) is 0 Å². The molecule has 2 aromatic rings. The molecule has 4 atom stereocenters. The van der Waals surface area contributed by atoms with Crippen LogP contribution in [0.5, 0.6) is 0 Å². The molecule has 4 fully saturated rings. The molecule has 26 heavy (non-hydrogen) atoms. The van der Waals surface area contributed by atoms with Gasteiger partial charge in [0.2, 0.25) is 0 Å². The Morgan fingerprint density at radius 3 is 2.50 bits per heavy atom. The third kappa shape index (κ3) is 2.92. The van der Waals surface area contributed by atoms with E-state index in [-0.39, 0.29) is 0 Å². The minimum absolute atomic E-state index is 0.311. The Kier molecular flexibility index (Phi) is 3.65. The van der Waals surface area contributed by atoms with Crippen molar-refractivity contribution in [3.63, 3.8) is 0 Å². The second-order valence-corrected chi connectivity index (χ2v) is 10.5. The molecule has 4 saturated carbocycles. The molecule has 0 saturated heterocycles. The minimum atomic E-state index is 0.311. The lowest BCUT2D eigenvalue weighted by atomic mass is 9.43. The fourth-order valence-electron chi connectivity index (χ4n) is 7.19. The van der Waals surface area contributed by atoms with Crippen LogP contribution in [0.4, 0.5) is 0 Å². The highest BCUT2D eigenvalue weighted by atomic mass is 35.5. The predicted octanol–water partition coefficient (Wildman–Crippen LogP) is 6.44. The lowest BCUT2D eigenvalue weighted by Crippen LogP contribution is -2.63. The molecule has 3 heteroatoms. The van der Waals surface area contributed by atoms with Gasteiger partial charge in [0.05, 0.1) is 6.54 Å². The van der Waals surface area contributed by atoms with E-state index in [0.717, 1.165) is 34.6 Å². The SMILES string of the molecule is C[C@]12CC3CC(NCc4ccc(-c5cccc(Cl)c5)o4)(C1)C[C@@](C)(C3)C2. The largest absolute Gasteiger partial charge is 0.460 e. The first-order chi connectivity index (χ1) is 12.3. The molecule has 1 N–H and O–H groups in total. The number of rotatable bonds is 4. The van der Waals surface area contributed by atoms with Gasteiger partial charge in [-0.25, -0.2) is 0 Å². The van der Waals surface area contributed by atoms with E-state index in [0.29, 0.717) is 16.4 Å². The quantitative estimate of drug-likeness (QED) is 0.670. The van der Waals surface area contributed by atoms with E-state index in [9.17, 15) is 0 Å². The van der Waals surface area contributed by atoms with Crippen LogP contribution in [0.25, 0.3) is 11.3 Å². The molecule has 0 spiro atoms. The van der Waals surface area contributed by atoms with Crippen LogP contribution in [-0.2, 0) is 6.54 Å². The van der Waals surface area contributed by atoms with Crippen LogP contribution in [-0.4, -0.2) is 5.54 Å². The Hall–Kier alpha value is -1.25. The highest BCUT2D eigenvalue weighted by Gasteiger charge is 2.59. The number of halogens is 1. The number of nitrogens with one attached hydrogen (secondary N) is 1. The van der Waals surface area contributed by atoms with Crippen molar-refractivity contribution < 1.29 is 4.42 Å². The van der Waals surface area contributed by atoms with E-state index in [4.69, 9.17) is 16.0 Å². The Morgan fingerprint density at radius 2 is 1.81 bits per heavy atom. The average molecular weight is 370 g/mol. The molecule has 0 aliphatic heterocycles. The molecule has 4 aliphatic rings. The van der Waals surface area contributed by atoms with E-state index in [1.807, 2.05) is 24.3 Å². The Balaban J connectivity index is 1.33. The molecule has 1 heterocycles. The first kappa shape index (κ1) is 16.9. The molecule has 138 valence electrons. The zero-order valence-electron chi connectivity index (χ0n) is 15.8. The van der Waals surface area contributed by atoms with Crippen molar-refractivity contribution in [1.82, 2.24) is 5.32 Å². The van der Waals surface area contributed by atoms with Gasteiger partial charge in [0, 0.05) is 16.1 Å². The van der Waals surface area contributed by atoms with E-state index in [1.165, 1.54) is 38.5 Å². The van der Waals surface area contributed by atoms with Gasteiger partial charge >= 0.3 is 0 Å². The van der Waals surface area contributed by atoms with Crippen LogP contribution in [0.2, 0.25) is 5.02 Å². The summed E-state index contributed by atoms with van der Waals surface area (Å²) in [6.07, 6.45) is 8.29. The molecule has 1 aromatic carbocycles. The van der Waals surface area contributed by atoms with Gasteiger partial charge in [0.25, 0.3) is 0 Å². The van der Waals surface area contributed by atoms with E-state index >= 15 is 0 Å². The van der Waals surface area contributed by atoms with Gasteiger partial charge in [-0.05, 0) is 79.5 Å². The van der Waals surface area contributed by atoms with Crippen LogP contribution < -0.4 is 5.32 Å². The second-order valence-electron chi connectivity index (χ2n) is 10.0. The number of hydrogen-bond acceptors (Lipinski definition) is 2. The predicted molar refractivity (Wildman–Crippen MR) is 106 cm³/mol. The third-order valence-corrected chi connectivity index (χ3v) is 7.27. The van der Waals surface area contributed by atoms with Crippen molar-refractivity contribution in [1.29, 1.82) is 0 Å². The number of benzene rings is 1. The minimum Gasteiger partial charge on any atom is -0.460 e. The van der Waals surface area contributed by atoms with Gasteiger partial charge in [-0.3, -0.25) is 0 Å². The maximum atomic E-state index is 6.12. The van der Waals surface area contributed by atoms with Crippen molar-refractivity contribution >= 4 is 11.6 Å². The fraction of sp³-hybridized carbons (Fsp3) is 0.565. The van der Waals surface area contributed by atoms with Crippen molar-refractivity contribution in [2.75, 3.05) is 0 Å². The van der Waals surface area contributed by atoms with Crippen LogP contribution in [0.1, 0.15) is 58.1 Å². The van der Waals surface area contributed by atoms with Crippen molar-refractivity contribution in [2.45, 2.75) is 64.5 Å². The molecule has 4 aliphatic carbocycles. The first-order valence-corrected chi connectivity index (χ1v) is 10.3. The second kappa shape index (κ2) is 5.62. The van der Waals surface area contributed by atoms with Gasteiger partial charge in [0.15, 0.2) is 0 Å². The van der Waals surface area contributed by atoms with Crippen LogP contribution in [0.3, 0.4) is 0 Å². The summed E-state index contributed by atoms with van der Waals surface area (Å²) >= 11 is 6.11. The number of hydrogen-bond donors (Lipinski definition) is 1. The number of furan rings is 1. The van der Waals surface area contributed by atoms with Gasteiger partial charge in [-0.2, -0.15) is 0 Å². The monoisotopic (exact) mass is 369 g/mol. The maximum Gasteiger partial charge on any atom is 0.134 e. The lowest BCUT2D eigenvalue weighted by Gasteiger charge is -2.65. The zero-order valence-corrected chi connectivity index (χ0v) is 16.5. The van der Waals surface area contributed by atoms with E-state index in [2.05, 4.69) is 31.3 Å². The van der Waals surface area contributed by atoms with Gasteiger partial charge < -0.3 is 9.73 Å². The van der Waals surface area contributed by atoms with Gasteiger partial charge in [-0.1, -0.05) is 37.6 Å².